The van der Waals surface area contributed by atoms with Crippen molar-refractivity contribution in [2.24, 2.45) is 0 Å². The van der Waals surface area contributed by atoms with Crippen molar-refractivity contribution in [1.82, 2.24) is 9.47 Å². The number of carbonyl (C=O) groups is 1. The van der Waals surface area contributed by atoms with Crippen molar-refractivity contribution in [2.75, 3.05) is 20.1 Å². The number of carbonyl (C=O) groups excluding carboxylic acids is 1. The van der Waals surface area contributed by atoms with Gasteiger partial charge in [-0.25, -0.2) is 0 Å². The van der Waals surface area contributed by atoms with Gasteiger partial charge < -0.3 is 9.47 Å². The van der Waals surface area contributed by atoms with E-state index in [-0.39, 0.29) is 0 Å². The summed E-state index contributed by atoms with van der Waals surface area (Å²) in [5.41, 5.74) is 4.63. The molecule has 0 atom stereocenters. The highest BCUT2D eigenvalue weighted by molar-refractivity contribution is 6.03. The Labute approximate surface area is 125 Å². The predicted molar refractivity (Wildman–Crippen MR) is 87.4 cm³/mol. The van der Waals surface area contributed by atoms with E-state index in [1.807, 2.05) is 0 Å². The molecule has 3 heteroatoms. The van der Waals surface area contributed by atoms with Crippen molar-refractivity contribution in [3.05, 3.63) is 41.1 Å². The summed E-state index contributed by atoms with van der Waals surface area (Å²) in [5.74, 6) is 0.292. The molecule has 3 nitrogen and oxygen atoms in total. The highest BCUT2D eigenvalue weighted by atomic mass is 16.1. The Balaban J connectivity index is 2.16. The van der Waals surface area contributed by atoms with Crippen LogP contribution in [0, 0.1) is 6.92 Å². The quantitative estimate of drug-likeness (QED) is 0.790. The molecule has 1 aromatic carbocycles. The minimum absolute atomic E-state index is 0.292. The Hall–Kier alpha value is -1.87. The number of benzene rings is 1. The maximum Gasteiger partial charge on any atom is 0.161 e. The predicted octanol–water partition coefficient (Wildman–Crippen LogP) is 3.26. The molecule has 0 saturated carbocycles. The van der Waals surface area contributed by atoms with E-state index in [9.17, 15) is 4.79 Å². The van der Waals surface area contributed by atoms with Gasteiger partial charge in [-0.15, -0.1) is 0 Å². The number of likely N-dealkylation sites (tertiary alicyclic amines) is 1. The van der Waals surface area contributed by atoms with Crippen LogP contribution in [0.25, 0.3) is 17.0 Å². The van der Waals surface area contributed by atoms with E-state index in [1.54, 1.807) is 0 Å². The zero-order valence-corrected chi connectivity index (χ0v) is 13.0. The molecule has 0 amide bonds. The first-order chi connectivity index (χ1) is 10.1. The van der Waals surface area contributed by atoms with Gasteiger partial charge in [0.15, 0.2) is 5.78 Å². The molecule has 3 rings (SSSR count). The third kappa shape index (κ3) is 2.42. The van der Waals surface area contributed by atoms with Crippen molar-refractivity contribution >= 4 is 22.8 Å². The molecule has 0 radical (unpaired) electrons. The molecule has 2 heterocycles. The normalized spacial score (nSPS) is 18.8. The van der Waals surface area contributed by atoms with Crippen LogP contribution in [0.1, 0.15) is 24.6 Å². The first kappa shape index (κ1) is 14.1. The van der Waals surface area contributed by atoms with E-state index < -0.39 is 0 Å². The monoisotopic (exact) mass is 282 g/mol. The van der Waals surface area contributed by atoms with Crippen LogP contribution >= 0.6 is 0 Å². The molecule has 0 N–H and O–H groups in total. The number of piperidine rings is 1. The van der Waals surface area contributed by atoms with Gasteiger partial charge in [0, 0.05) is 53.8 Å². The van der Waals surface area contributed by atoms with Crippen molar-refractivity contribution in [3.63, 3.8) is 0 Å². The summed E-state index contributed by atoms with van der Waals surface area (Å²) in [5, 5.41) is 1.24. The number of Topliss-reactive ketones (excluding diaryl/α,β-unsaturated/α-hetero) is 1. The number of aryl methyl sites for hydroxylation is 1. The van der Waals surface area contributed by atoms with E-state index in [4.69, 9.17) is 0 Å². The fourth-order valence-corrected chi connectivity index (χ4v) is 3.26. The van der Waals surface area contributed by atoms with Gasteiger partial charge in [-0.1, -0.05) is 18.2 Å². The molecule has 1 saturated heterocycles. The van der Waals surface area contributed by atoms with Gasteiger partial charge in [0.2, 0.25) is 0 Å². The summed E-state index contributed by atoms with van der Waals surface area (Å²) in [6.07, 6.45) is 2.75. The Kier molecular flexibility index (Phi) is 3.68. The highest BCUT2D eigenvalue weighted by Gasteiger charge is 2.20. The van der Waals surface area contributed by atoms with E-state index in [0.717, 1.165) is 25.2 Å². The Morgan fingerprint density at radius 1 is 1.29 bits per heavy atom. The van der Waals surface area contributed by atoms with E-state index in [2.05, 4.69) is 60.7 Å². The average molecular weight is 282 g/mol. The van der Waals surface area contributed by atoms with E-state index in [0.29, 0.717) is 12.2 Å². The fraction of sp³-hybridized carbons (Fsp3) is 0.389. The summed E-state index contributed by atoms with van der Waals surface area (Å²) < 4.78 is 2.32. The number of para-hydroxylation sites is 1. The number of nitrogens with zero attached hydrogens (tertiary/aromatic N) is 2. The second kappa shape index (κ2) is 5.49. The van der Waals surface area contributed by atoms with Crippen LogP contribution < -0.4 is 0 Å². The summed E-state index contributed by atoms with van der Waals surface area (Å²) in [6, 6.07) is 8.45. The number of hydrogen-bond acceptors (Lipinski definition) is 2. The van der Waals surface area contributed by atoms with Crippen molar-refractivity contribution in [1.29, 1.82) is 0 Å². The van der Waals surface area contributed by atoms with Gasteiger partial charge >= 0.3 is 0 Å². The lowest BCUT2D eigenvalue weighted by molar-refractivity contribution is -0.117. The summed E-state index contributed by atoms with van der Waals surface area (Å²) in [7, 11) is 2.07. The first-order valence-electron chi connectivity index (χ1n) is 7.62. The zero-order valence-electron chi connectivity index (χ0n) is 13.0. The SMILES string of the molecule is CCn1c(C)c(/C=C2\CN(C)CCC2=O)c2ccccc21. The van der Waals surface area contributed by atoms with Crippen LogP contribution in [0.4, 0.5) is 0 Å². The van der Waals surface area contributed by atoms with Gasteiger partial charge in [0.25, 0.3) is 0 Å². The summed E-state index contributed by atoms with van der Waals surface area (Å²) >= 11 is 0. The Morgan fingerprint density at radius 3 is 2.81 bits per heavy atom. The fourth-order valence-electron chi connectivity index (χ4n) is 3.26. The molecule has 21 heavy (non-hydrogen) atoms. The van der Waals surface area contributed by atoms with E-state index >= 15 is 0 Å². The molecule has 1 aliphatic heterocycles. The molecular weight excluding hydrogens is 260 g/mol. The molecule has 1 fully saturated rings. The third-order valence-corrected chi connectivity index (χ3v) is 4.43. The molecule has 1 aliphatic rings. The second-order valence-electron chi connectivity index (χ2n) is 5.84. The maximum atomic E-state index is 12.2. The number of hydrogen-bond donors (Lipinski definition) is 0. The van der Waals surface area contributed by atoms with Crippen molar-refractivity contribution in [2.45, 2.75) is 26.8 Å². The Bertz CT molecular complexity index is 724. The van der Waals surface area contributed by atoms with Gasteiger partial charge in [0.1, 0.15) is 0 Å². The van der Waals surface area contributed by atoms with Crippen molar-refractivity contribution in [3.8, 4) is 0 Å². The number of likely N-dealkylation sites (N-methyl/N-ethyl adjacent to an activating group) is 1. The number of ketones is 1. The lowest BCUT2D eigenvalue weighted by Crippen LogP contribution is -2.32. The molecule has 0 spiro atoms. The van der Waals surface area contributed by atoms with Crippen molar-refractivity contribution < 1.29 is 4.79 Å². The Morgan fingerprint density at radius 2 is 2.05 bits per heavy atom. The molecule has 0 aliphatic carbocycles. The van der Waals surface area contributed by atoms with Gasteiger partial charge in [-0.3, -0.25) is 4.79 Å². The second-order valence-corrected chi connectivity index (χ2v) is 5.84. The largest absolute Gasteiger partial charge is 0.345 e. The standard InChI is InChI=1S/C18H22N2O/c1-4-20-13(2)16(15-7-5-6-8-17(15)20)11-14-12-19(3)10-9-18(14)21/h5-8,11H,4,9-10,12H2,1-3H3/b14-11+. The number of fused-ring (bicyclic) bond motifs is 1. The van der Waals surface area contributed by atoms with Crippen LogP contribution in [0.3, 0.4) is 0 Å². The molecule has 2 aromatic rings. The van der Waals surface area contributed by atoms with Crippen LogP contribution in [0.5, 0.6) is 0 Å². The van der Waals surface area contributed by atoms with Crippen LogP contribution in [-0.2, 0) is 11.3 Å². The summed E-state index contributed by atoms with van der Waals surface area (Å²) in [4.78, 5) is 14.4. The van der Waals surface area contributed by atoms with Crippen LogP contribution in [-0.4, -0.2) is 35.4 Å². The highest BCUT2D eigenvalue weighted by Crippen LogP contribution is 2.28. The average Bonchev–Trinajstić information content (AvgIpc) is 2.75. The zero-order chi connectivity index (χ0) is 15.0. The molecule has 110 valence electrons. The molecule has 0 bridgehead atoms. The lowest BCUT2D eigenvalue weighted by atomic mass is 9.99. The lowest BCUT2D eigenvalue weighted by Gasteiger charge is -2.23. The summed E-state index contributed by atoms with van der Waals surface area (Å²) in [6.45, 7) is 6.88. The van der Waals surface area contributed by atoms with Crippen LogP contribution in [0.15, 0.2) is 29.8 Å². The van der Waals surface area contributed by atoms with E-state index in [1.165, 1.54) is 22.2 Å². The van der Waals surface area contributed by atoms with Gasteiger partial charge in [0.05, 0.1) is 0 Å². The third-order valence-electron chi connectivity index (χ3n) is 4.43. The number of rotatable bonds is 2. The van der Waals surface area contributed by atoms with Crippen LogP contribution in [0.2, 0.25) is 0 Å². The maximum absolute atomic E-state index is 12.2. The molecule has 0 unspecified atom stereocenters. The minimum atomic E-state index is 0.292. The number of aromatic nitrogens is 1. The van der Waals surface area contributed by atoms with Gasteiger partial charge in [-0.05, 0) is 33.0 Å². The molecular formula is C18H22N2O. The smallest absolute Gasteiger partial charge is 0.161 e. The molecule has 1 aromatic heterocycles. The minimum Gasteiger partial charge on any atom is -0.345 e. The first-order valence-corrected chi connectivity index (χ1v) is 7.62. The topological polar surface area (TPSA) is 25.2 Å². The van der Waals surface area contributed by atoms with Gasteiger partial charge in [-0.2, -0.15) is 0 Å².